The molecule has 0 saturated carbocycles. The lowest BCUT2D eigenvalue weighted by molar-refractivity contribution is 0.328. The molecule has 0 unspecified atom stereocenters. The van der Waals surface area contributed by atoms with Gasteiger partial charge in [-0.15, -0.1) is 11.3 Å². The van der Waals surface area contributed by atoms with Crippen LogP contribution in [0.2, 0.25) is 0 Å². The Bertz CT molecular complexity index is 538. The molecule has 0 amide bonds. The van der Waals surface area contributed by atoms with Gasteiger partial charge in [0, 0.05) is 24.0 Å². The Morgan fingerprint density at radius 2 is 2.29 bits per heavy atom. The van der Waals surface area contributed by atoms with Gasteiger partial charge in [-0.25, -0.2) is 4.39 Å². The first kappa shape index (κ1) is 10.7. The van der Waals surface area contributed by atoms with Crippen molar-refractivity contribution in [2.75, 3.05) is 13.2 Å². The second-order valence-corrected chi connectivity index (χ2v) is 4.90. The highest BCUT2D eigenvalue weighted by molar-refractivity contribution is 7.10. The van der Waals surface area contributed by atoms with Crippen LogP contribution in [0.1, 0.15) is 4.88 Å². The van der Waals surface area contributed by atoms with E-state index < -0.39 is 0 Å². The molecule has 2 heterocycles. The highest BCUT2D eigenvalue weighted by Crippen LogP contribution is 2.39. The maximum absolute atomic E-state index is 13.2. The largest absolute Gasteiger partial charge is 0.490 e. The molecule has 1 aliphatic rings. The molecule has 0 radical (unpaired) electrons. The fourth-order valence-electron chi connectivity index (χ4n) is 1.95. The fraction of sp³-hybridized carbons (Fsp3) is 0.231. The Morgan fingerprint density at radius 1 is 1.35 bits per heavy atom. The van der Waals surface area contributed by atoms with Gasteiger partial charge in [0.15, 0.2) is 0 Å². The van der Waals surface area contributed by atoms with Crippen molar-refractivity contribution in [2.24, 2.45) is 0 Å². The number of nitrogens with one attached hydrogen (secondary N) is 1. The second kappa shape index (κ2) is 4.47. The Kier molecular flexibility index (Phi) is 2.82. The molecule has 0 saturated heterocycles. The van der Waals surface area contributed by atoms with Gasteiger partial charge < -0.3 is 10.1 Å². The maximum atomic E-state index is 13.2. The summed E-state index contributed by atoms with van der Waals surface area (Å²) in [6, 6.07) is 6.64. The van der Waals surface area contributed by atoms with Crippen molar-refractivity contribution in [3.05, 3.63) is 40.3 Å². The minimum atomic E-state index is -0.214. The predicted molar refractivity (Wildman–Crippen MR) is 66.9 cm³/mol. The normalized spacial score (nSPS) is 14.9. The summed E-state index contributed by atoms with van der Waals surface area (Å²) < 4.78 is 19.0. The zero-order valence-corrected chi connectivity index (χ0v) is 10.0. The van der Waals surface area contributed by atoms with Gasteiger partial charge in [-0.1, -0.05) is 12.1 Å². The predicted octanol–water partition coefficient (Wildman–Crippen LogP) is 3.04. The molecule has 2 aromatic rings. The summed E-state index contributed by atoms with van der Waals surface area (Å²) in [5.74, 6) is 0.694. The Balaban J connectivity index is 2.06. The minimum absolute atomic E-state index is 0.214. The zero-order valence-electron chi connectivity index (χ0n) is 9.20. The van der Waals surface area contributed by atoms with Gasteiger partial charge >= 0.3 is 0 Å². The topological polar surface area (TPSA) is 21.3 Å². The van der Waals surface area contributed by atoms with Gasteiger partial charge in [0.2, 0.25) is 0 Å². The summed E-state index contributed by atoms with van der Waals surface area (Å²) in [4.78, 5) is 1.18. The molecule has 17 heavy (non-hydrogen) atoms. The average Bonchev–Trinajstić information content (AvgIpc) is 2.59. The molecular weight excluding hydrogens is 237 g/mol. The van der Waals surface area contributed by atoms with E-state index in [0.29, 0.717) is 6.61 Å². The van der Waals surface area contributed by atoms with Crippen LogP contribution in [0, 0.1) is 5.82 Å². The first-order valence-corrected chi connectivity index (χ1v) is 6.42. The molecule has 0 fully saturated rings. The van der Waals surface area contributed by atoms with Crippen molar-refractivity contribution < 1.29 is 9.13 Å². The Hall–Kier alpha value is -1.39. The monoisotopic (exact) mass is 249 g/mol. The smallest absolute Gasteiger partial charge is 0.142 e. The average molecular weight is 249 g/mol. The van der Waals surface area contributed by atoms with E-state index in [1.54, 1.807) is 23.5 Å². The van der Waals surface area contributed by atoms with Crippen LogP contribution in [0.5, 0.6) is 5.75 Å². The zero-order chi connectivity index (χ0) is 11.7. The van der Waals surface area contributed by atoms with E-state index in [1.807, 2.05) is 11.4 Å². The summed E-state index contributed by atoms with van der Waals surface area (Å²) in [5.41, 5.74) is 1.87. The molecule has 0 spiro atoms. The van der Waals surface area contributed by atoms with Crippen LogP contribution in [0.4, 0.5) is 4.39 Å². The molecule has 0 bridgehead atoms. The maximum Gasteiger partial charge on any atom is 0.142 e. The molecule has 1 aromatic heterocycles. The SMILES string of the molecule is Fc1cccc(-c2csc3c2OCCNC3)c1. The van der Waals surface area contributed by atoms with Crippen molar-refractivity contribution in [1.29, 1.82) is 0 Å². The lowest BCUT2D eigenvalue weighted by Crippen LogP contribution is -2.16. The van der Waals surface area contributed by atoms with E-state index in [9.17, 15) is 4.39 Å². The molecule has 4 heteroatoms. The van der Waals surface area contributed by atoms with Crippen molar-refractivity contribution in [3.8, 4) is 16.9 Å². The van der Waals surface area contributed by atoms with Crippen LogP contribution >= 0.6 is 11.3 Å². The fourth-order valence-corrected chi connectivity index (χ4v) is 2.91. The molecule has 88 valence electrons. The molecular formula is C13H12FNOS. The number of hydrogen-bond acceptors (Lipinski definition) is 3. The van der Waals surface area contributed by atoms with Crippen molar-refractivity contribution in [1.82, 2.24) is 5.32 Å². The summed E-state index contributed by atoms with van der Waals surface area (Å²) >= 11 is 1.66. The third kappa shape index (κ3) is 2.06. The molecule has 1 aliphatic heterocycles. The Morgan fingerprint density at radius 3 is 3.18 bits per heavy atom. The molecule has 0 atom stereocenters. The summed E-state index contributed by atoms with van der Waals surface area (Å²) in [6.45, 7) is 2.34. The number of hydrogen-bond donors (Lipinski definition) is 1. The van der Waals surface area contributed by atoms with E-state index in [2.05, 4.69) is 5.32 Å². The molecule has 1 N–H and O–H groups in total. The van der Waals surface area contributed by atoms with Gasteiger partial charge in [-0.2, -0.15) is 0 Å². The van der Waals surface area contributed by atoms with Gasteiger partial charge in [-0.3, -0.25) is 0 Å². The molecule has 0 aliphatic carbocycles. The lowest BCUT2D eigenvalue weighted by atomic mass is 10.1. The van der Waals surface area contributed by atoms with E-state index >= 15 is 0 Å². The third-order valence-electron chi connectivity index (χ3n) is 2.76. The van der Waals surface area contributed by atoms with Crippen LogP contribution < -0.4 is 10.1 Å². The number of rotatable bonds is 1. The van der Waals surface area contributed by atoms with E-state index in [1.165, 1.54) is 10.9 Å². The minimum Gasteiger partial charge on any atom is -0.490 e. The second-order valence-electron chi connectivity index (χ2n) is 3.94. The van der Waals surface area contributed by atoms with Crippen LogP contribution in [-0.4, -0.2) is 13.2 Å². The van der Waals surface area contributed by atoms with Gasteiger partial charge in [-0.05, 0) is 17.7 Å². The number of benzene rings is 1. The highest BCUT2D eigenvalue weighted by Gasteiger charge is 2.17. The molecule has 2 nitrogen and oxygen atoms in total. The van der Waals surface area contributed by atoms with Crippen LogP contribution in [-0.2, 0) is 6.54 Å². The van der Waals surface area contributed by atoms with Crippen molar-refractivity contribution in [3.63, 3.8) is 0 Å². The highest BCUT2D eigenvalue weighted by atomic mass is 32.1. The van der Waals surface area contributed by atoms with Crippen LogP contribution in [0.25, 0.3) is 11.1 Å². The van der Waals surface area contributed by atoms with Gasteiger partial charge in [0.25, 0.3) is 0 Å². The van der Waals surface area contributed by atoms with Crippen molar-refractivity contribution in [2.45, 2.75) is 6.54 Å². The van der Waals surface area contributed by atoms with Crippen molar-refractivity contribution >= 4 is 11.3 Å². The van der Waals surface area contributed by atoms with Gasteiger partial charge in [0.05, 0.1) is 4.88 Å². The van der Waals surface area contributed by atoms with E-state index in [4.69, 9.17) is 4.74 Å². The Labute approximate surface area is 103 Å². The van der Waals surface area contributed by atoms with Crippen LogP contribution in [0.15, 0.2) is 29.6 Å². The molecule has 3 rings (SSSR count). The first-order valence-electron chi connectivity index (χ1n) is 5.54. The number of halogens is 1. The van der Waals surface area contributed by atoms with E-state index in [-0.39, 0.29) is 5.82 Å². The molecule has 1 aromatic carbocycles. The number of fused-ring (bicyclic) bond motifs is 1. The standard InChI is InChI=1S/C13H12FNOS/c14-10-3-1-2-9(6-10)11-8-17-12-7-15-4-5-16-13(11)12/h1-3,6,8,15H,4-5,7H2. The lowest BCUT2D eigenvalue weighted by Gasteiger charge is -2.06. The number of ether oxygens (including phenoxy) is 1. The van der Waals surface area contributed by atoms with E-state index in [0.717, 1.165) is 30.0 Å². The summed E-state index contributed by atoms with van der Waals surface area (Å²) in [5, 5.41) is 5.33. The number of thiophene rings is 1. The third-order valence-corrected chi connectivity index (χ3v) is 3.73. The summed E-state index contributed by atoms with van der Waals surface area (Å²) in [7, 11) is 0. The van der Waals surface area contributed by atoms with Crippen LogP contribution in [0.3, 0.4) is 0 Å². The first-order chi connectivity index (χ1) is 8.34. The summed E-state index contributed by atoms with van der Waals surface area (Å²) in [6.07, 6.45) is 0. The quantitative estimate of drug-likeness (QED) is 0.838. The van der Waals surface area contributed by atoms with Gasteiger partial charge in [0.1, 0.15) is 18.2 Å².